The first-order chi connectivity index (χ1) is 9.98. The monoisotopic (exact) mass is 308 g/mol. The minimum Gasteiger partial charge on any atom is -0.463 e. The highest BCUT2D eigenvalue weighted by Gasteiger charge is 2.34. The summed E-state index contributed by atoms with van der Waals surface area (Å²) in [6.45, 7) is 3.77. The number of benzene rings is 1. The Labute approximate surface area is 125 Å². The Morgan fingerprint density at radius 2 is 1.95 bits per heavy atom. The number of hydrogen-bond donors (Lipinski definition) is 0. The fourth-order valence-corrected chi connectivity index (χ4v) is 4.67. The number of ether oxygens (including phenoxy) is 1. The predicted octanol–water partition coefficient (Wildman–Crippen LogP) is 2.89. The van der Waals surface area contributed by atoms with Gasteiger partial charge in [-0.1, -0.05) is 18.2 Å². The van der Waals surface area contributed by atoms with Gasteiger partial charge in [0.1, 0.15) is 0 Å². The summed E-state index contributed by atoms with van der Waals surface area (Å²) < 4.78 is 30.5. The van der Waals surface area contributed by atoms with E-state index < -0.39 is 15.1 Å². The summed E-state index contributed by atoms with van der Waals surface area (Å²) in [7, 11) is -3.46. The minimum atomic E-state index is -3.46. The van der Waals surface area contributed by atoms with Crippen LogP contribution in [0.25, 0.3) is 0 Å². The highest BCUT2D eigenvalue weighted by molar-refractivity contribution is 7.92. The van der Waals surface area contributed by atoms with Crippen LogP contribution in [0.1, 0.15) is 33.1 Å². The van der Waals surface area contributed by atoms with Crippen LogP contribution in [0.4, 0.5) is 0 Å². The Morgan fingerprint density at radius 1 is 1.29 bits per heavy atom. The zero-order valence-corrected chi connectivity index (χ0v) is 13.2. The minimum absolute atomic E-state index is 0.297. The highest BCUT2D eigenvalue weighted by Crippen LogP contribution is 2.33. The van der Waals surface area contributed by atoms with Crippen LogP contribution in [0, 0.1) is 0 Å². The van der Waals surface area contributed by atoms with Crippen molar-refractivity contribution in [3.63, 3.8) is 0 Å². The SMILES string of the molecule is CCOC(=O)C1=C(C)C(S(=O)(=O)c2ccccc2)CCC1. The Kier molecular flexibility index (Phi) is 4.83. The highest BCUT2D eigenvalue weighted by atomic mass is 32.2. The third-order valence-corrected chi connectivity index (χ3v) is 6.09. The van der Waals surface area contributed by atoms with Gasteiger partial charge < -0.3 is 4.74 Å². The van der Waals surface area contributed by atoms with Gasteiger partial charge in [-0.2, -0.15) is 0 Å². The summed E-state index contributed by atoms with van der Waals surface area (Å²) in [6, 6.07) is 8.40. The zero-order valence-electron chi connectivity index (χ0n) is 12.3. The molecule has 114 valence electrons. The molecule has 1 atom stereocenters. The molecule has 1 aromatic rings. The largest absolute Gasteiger partial charge is 0.463 e. The number of sulfone groups is 1. The molecule has 5 heteroatoms. The van der Waals surface area contributed by atoms with E-state index in [9.17, 15) is 13.2 Å². The smallest absolute Gasteiger partial charge is 0.333 e. The molecule has 0 aromatic heterocycles. The molecule has 0 radical (unpaired) electrons. The van der Waals surface area contributed by atoms with Gasteiger partial charge in [-0.15, -0.1) is 0 Å². The first kappa shape index (κ1) is 15.8. The van der Waals surface area contributed by atoms with Gasteiger partial charge in [0, 0.05) is 5.57 Å². The molecule has 1 aliphatic rings. The maximum Gasteiger partial charge on any atom is 0.333 e. The van der Waals surface area contributed by atoms with Crippen molar-refractivity contribution in [3.05, 3.63) is 41.5 Å². The molecule has 0 heterocycles. The molecule has 1 aliphatic carbocycles. The molecule has 0 aliphatic heterocycles. The average Bonchev–Trinajstić information content (AvgIpc) is 2.48. The molecule has 4 nitrogen and oxygen atoms in total. The topological polar surface area (TPSA) is 60.4 Å². The van der Waals surface area contributed by atoms with Gasteiger partial charge in [-0.25, -0.2) is 13.2 Å². The lowest BCUT2D eigenvalue weighted by Gasteiger charge is -2.25. The molecular formula is C16H20O4S. The van der Waals surface area contributed by atoms with Crippen molar-refractivity contribution in [3.8, 4) is 0 Å². The van der Waals surface area contributed by atoms with Crippen molar-refractivity contribution in [1.82, 2.24) is 0 Å². The maximum atomic E-state index is 12.7. The summed E-state index contributed by atoms with van der Waals surface area (Å²) in [5.74, 6) is -0.386. The van der Waals surface area contributed by atoms with Crippen molar-refractivity contribution in [2.75, 3.05) is 6.61 Å². The van der Waals surface area contributed by atoms with Crippen molar-refractivity contribution < 1.29 is 17.9 Å². The quantitative estimate of drug-likeness (QED) is 0.802. The normalized spacial score (nSPS) is 19.4. The van der Waals surface area contributed by atoms with E-state index in [1.165, 1.54) is 0 Å². The number of carbonyl (C=O) groups is 1. The van der Waals surface area contributed by atoms with Crippen LogP contribution < -0.4 is 0 Å². The molecule has 0 bridgehead atoms. The Hall–Kier alpha value is -1.62. The lowest BCUT2D eigenvalue weighted by molar-refractivity contribution is -0.138. The van der Waals surface area contributed by atoms with Crippen LogP contribution >= 0.6 is 0 Å². The van der Waals surface area contributed by atoms with Gasteiger partial charge in [0.05, 0.1) is 16.8 Å². The van der Waals surface area contributed by atoms with Gasteiger partial charge in [0.25, 0.3) is 0 Å². The molecular weight excluding hydrogens is 288 g/mol. The van der Waals surface area contributed by atoms with Crippen LogP contribution in [0.3, 0.4) is 0 Å². The third-order valence-electron chi connectivity index (χ3n) is 3.82. The molecule has 0 spiro atoms. The third kappa shape index (κ3) is 3.18. The number of rotatable bonds is 4. The molecule has 0 fully saturated rings. The summed E-state index contributed by atoms with van der Waals surface area (Å²) in [6.07, 6.45) is 1.82. The molecule has 0 amide bonds. The van der Waals surface area contributed by atoms with Crippen LogP contribution in [0.5, 0.6) is 0 Å². The van der Waals surface area contributed by atoms with E-state index in [1.807, 2.05) is 0 Å². The summed E-state index contributed by atoms with van der Waals surface area (Å²) in [5, 5.41) is -0.631. The molecule has 0 N–H and O–H groups in total. The predicted molar refractivity (Wildman–Crippen MR) is 80.6 cm³/mol. The van der Waals surface area contributed by atoms with E-state index in [1.54, 1.807) is 44.2 Å². The van der Waals surface area contributed by atoms with Crippen LogP contribution in [-0.4, -0.2) is 26.2 Å². The number of esters is 1. The molecule has 1 aromatic carbocycles. The van der Waals surface area contributed by atoms with Crippen LogP contribution in [0.15, 0.2) is 46.4 Å². The second kappa shape index (κ2) is 6.43. The zero-order chi connectivity index (χ0) is 15.5. The van der Waals surface area contributed by atoms with Crippen molar-refractivity contribution in [2.24, 2.45) is 0 Å². The van der Waals surface area contributed by atoms with Gasteiger partial charge in [0.15, 0.2) is 9.84 Å². The van der Waals surface area contributed by atoms with Gasteiger partial charge >= 0.3 is 5.97 Å². The number of hydrogen-bond acceptors (Lipinski definition) is 4. The molecule has 2 rings (SSSR count). The van der Waals surface area contributed by atoms with Crippen molar-refractivity contribution >= 4 is 15.8 Å². The lowest BCUT2D eigenvalue weighted by atomic mass is 9.92. The van der Waals surface area contributed by atoms with Crippen LogP contribution in [-0.2, 0) is 19.4 Å². The summed E-state index contributed by atoms with van der Waals surface area (Å²) in [5.41, 5.74) is 1.15. The van der Waals surface area contributed by atoms with E-state index in [4.69, 9.17) is 4.74 Å². The van der Waals surface area contributed by atoms with Gasteiger partial charge in [-0.05, 0) is 50.8 Å². The standard InChI is InChI=1S/C16H20O4S/c1-3-20-16(17)14-10-7-11-15(12(14)2)21(18,19)13-8-5-4-6-9-13/h4-6,8-9,15H,3,7,10-11H2,1-2H3. The average molecular weight is 308 g/mol. The maximum absolute atomic E-state index is 12.7. The van der Waals surface area contributed by atoms with Crippen molar-refractivity contribution in [1.29, 1.82) is 0 Å². The Bertz CT molecular complexity index is 644. The first-order valence-electron chi connectivity index (χ1n) is 7.14. The van der Waals surface area contributed by atoms with Gasteiger partial charge in [-0.3, -0.25) is 0 Å². The molecule has 21 heavy (non-hydrogen) atoms. The Morgan fingerprint density at radius 3 is 2.57 bits per heavy atom. The van der Waals surface area contributed by atoms with E-state index in [-0.39, 0.29) is 5.97 Å². The fraction of sp³-hybridized carbons (Fsp3) is 0.438. The second-order valence-electron chi connectivity index (χ2n) is 5.12. The molecule has 0 saturated heterocycles. The van der Waals surface area contributed by atoms with Crippen LogP contribution in [0.2, 0.25) is 0 Å². The van der Waals surface area contributed by atoms with Gasteiger partial charge in [0.2, 0.25) is 0 Å². The molecule has 0 saturated carbocycles. The van der Waals surface area contributed by atoms with E-state index in [2.05, 4.69) is 0 Å². The summed E-state index contributed by atoms with van der Waals surface area (Å²) in [4.78, 5) is 12.2. The lowest BCUT2D eigenvalue weighted by Crippen LogP contribution is -2.28. The number of carbonyl (C=O) groups excluding carboxylic acids is 1. The fourth-order valence-electron chi connectivity index (χ4n) is 2.72. The van der Waals surface area contributed by atoms with E-state index in [0.29, 0.717) is 41.9 Å². The molecule has 1 unspecified atom stereocenters. The Balaban J connectivity index is 2.40. The van der Waals surface area contributed by atoms with E-state index >= 15 is 0 Å². The summed E-state index contributed by atoms with van der Waals surface area (Å²) >= 11 is 0. The van der Waals surface area contributed by atoms with Crippen molar-refractivity contribution in [2.45, 2.75) is 43.3 Å². The van der Waals surface area contributed by atoms with E-state index in [0.717, 1.165) is 0 Å². The first-order valence-corrected chi connectivity index (χ1v) is 8.68. The second-order valence-corrected chi connectivity index (χ2v) is 7.25.